The molecule has 0 bridgehead atoms. The highest BCUT2D eigenvalue weighted by Crippen LogP contribution is 2.39. The largest absolute Gasteiger partial charge is 0.490 e. The third kappa shape index (κ3) is 12.3. The van der Waals surface area contributed by atoms with Gasteiger partial charge in [-0.2, -0.15) is 18.4 Å². The standard InChI is InChI=1S/C50H55Cl2N9O6.C2HF3O2/c1-50(2,36-23-34(26-53)45(42(52)24-36)66-22-14-51)35-3-6-39(7-4-35)67-31-37-11-15-54-49(55-37)59-20-18-58(19-21-59)27-32-12-16-57(17-13-32)28-33-29-60(30-33)38-5-8-40-41(25-38)48(65)61(47(40)64)43-9-10-44(62)56-46(43)63;3-2(4,5)1(6)7/h3-8,11,15,23-25,32-33,43H,9-10,12-14,16-22,27-31H2,1-2H3,(H,56,62,63);(H,6,7). The van der Waals surface area contributed by atoms with E-state index in [9.17, 15) is 37.6 Å². The first-order valence-corrected chi connectivity index (χ1v) is 25.3. The molecule has 4 fully saturated rings. The Hall–Kier alpha value is -6.53. The van der Waals surface area contributed by atoms with Gasteiger partial charge in [-0.1, -0.05) is 37.6 Å². The van der Waals surface area contributed by atoms with Crippen molar-refractivity contribution in [1.82, 2.24) is 30.0 Å². The van der Waals surface area contributed by atoms with Gasteiger partial charge in [0.25, 0.3) is 11.8 Å². The highest BCUT2D eigenvalue weighted by Gasteiger charge is 2.45. The van der Waals surface area contributed by atoms with Crippen molar-refractivity contribution >= 4 is 64.4 Å². The number of rotatable bonds is 15. The van der Waals surface area contributed by atoms with Crippen molar-refractivity contribution < 1.29 is 51.7 Å². The molecule has 6 heterocycles. The summed E-state index contributed by atoms with van der Waals surface area (Å²) in [6, 6.07) is 20.1. The fraction of sp³-hybridized carbons (Fsp3) is 0.462. The van der Waals surface area contributed by atoms with Gasteiger partial charge in [0.2, 0.25) is 17.8 Å². The monoisotopic (exact) mass is 1060 g/mol. The van der Waals surface area contributed by atoms with Gasteiger partial charge in [-0.05, 0) is 97.9 Å². The smallest absolute Gasteiger partial charge is 0.489 e. The van der Waals surface area contributed by atoms with E-state index in [1.165, 1.54) is 12.8 Å². The van der Waals surface area contributed by atoms with E-state index in [4.69, 9.17) is 47.6 Å². The van der Waals surface area contributed by atoms with Gasteiger partial charge in [0, 0.05) is 82.0 Å². The van der Waals surface area contributed by atoms with Crippen LogP contribution in [0.25, 0.3) is 0 Å². The van der Waals surface area contributed by atoms with Crippen molar-refractivity contribution in [2.45, 2.75) is 63.8 Å². The molecule has 0 spiro atoms. The number of amides is 4. The Morgan fingerprint density at radius 2 is 1.50 bits per heavy atom. The van der Waals surface area contributed by atoms with E-state index < -0.39 is 41.3 Å². The number of carbonyl (C=O) groups is 5. The number of anilines is 2. The number of carbonyl (C=O) groups excluding carboxylic acids is 4. The molecular formula is C52H56Cl2F3N9O8. The van der Waals surface area contributed by atoms with Crippen LogP contribution < -0.4 is 24.6 Å². The second-order valence-electron chi connectivity index (χ2n) is 19.6. The van der Waals surface area contributed by atoms with E-state index in [2.05, 4.69) is 49.8 Å². The minimum absolute atomic E-state index is 0.0985. The molecule has 74 heavy (non-hydrogen) atoms. The Morgan fingerprint density at radius 3 is 2.15 bits per heavy atom. The summed E-state index contributed by atoms with van der Waals surface area (Å²) in [5.74, 6) is -1.38. The number of hydrogen-bond donors (Lipinski definition) is 2. The molecule has 5 aliphatic rings. The van der Waals surface area contributed by atoms with Crippen molar-refractivity contribution in [3.8, 4) is 17.6 Å². The fourth-order valence-corrected chi connectivity index (χ4v) is 10.3. The van der Waals surface area contributed by atoms with Crippen molar-refractivity contribution in [3.63, 3.8) is 0 Å². The molecule has 17 nitrogen and oxygen atoms in total. The van der Waals surface area contributed by atoms with Gasteiger partial charge in [-0.25, -0.2) is 14.8 Å². The number of nitrogens with one attached hydrogen (secondary N) is 1. The normalized spacial score (nSPS) is 19.1. The minimum atomic E-state index is -5.08. The first-order valence-electron chi connectivity index (χ1n) is 24.4. The summed E-state index contributed by atoms with van der Waals surface area (Å²) < 4.78 is 43.5. The molecule has 4 aromatic rings. The number of carboxylic acids is 1. The van der Waals surface area contributed by atoms with Crippen LogP contribution in [0, 0.1) is 23.2 Å². The second kappa shape index (κ2) is 22.9. The van der Waals surface area contributed by atoms with Crippen LogP contribution in [-0.2, 0) is 26.4 Å². The number of halogens is 5. The molecule has 2 N–H and O–H groups in total. The molecule has 392 valence electrons. The predicted octanol–water partition coefficient (Wildman–Crippen LogP) is 6.53. The summed E-state index contributed by atoms with van der Waals surface area (Å²) in [5, 5.41) is 19.5. The van der Waals surface area contributed by atoms with Gasteiger partial charge in [-0.15, -0.1) is 11.6 Å². The maximum absolute atomic E-state index is 13.3. The van der Waals surface area contributed by atoms with Gasteiger partial charge >= 0.3 is 12.1 Å². The number of fused-ring (bicyclic) bond motifs is 1. The number of ether oxygens (including phenoxy) is 2. The second-order valence-corrected chi connectivity index (χ2v) is 20.3. The lowest BCUT2D eigenvalue weighted by atomic mass is 9.77. The SMILES string of the molecule is CC(C)(c1ccc(OCc2ccnc(N3CCN(CC4CCN(CC5CN(c6ccc7c(c6)C(=O)N(C6CCC(=O)NC6=O)C7=O)C5)CC4)CC3)n2)cc1)c1cc(Cl)c(OCCCl)c(C#N)c1.O=C(O)C(F)(F)F. The quantitative estimate of drug-likeness (QED) is 0.0961. The van der Waals surface area contributed by atoms with Crippen molar-refractivity contribution in [2.75, 3.05) is 87.7 Å². The zero-order chi connectivity index (χ0) is 52.9. The van der Waals surface area contributed by atoms with Crippen molar-refractivity contribution in [2.24, 2.45) is 11.8 Å². The zero-order valence-electron chi connectivity index (χ0n) is 40.9. The Morgan fingerprint density at radius 1 is 0.838 bits per heavy atom. The Balaban J connectivity index is 0.000000972. The Kier molecular flexibility index (Phi) is 16.7. The number of carboxylic acid groups (broad SMARTS) is 1. The number of piperazine rings is 1. The predicted molar refractivity (Wildman–Crippen MR) is 268 cm³/mol. The molecule has 4 amide bonds. The molecule has 1 atom stereocenters. The number of alkyl halides is 4. The van der Waals surface area contributed by atoms with Gasteiger partial charge in [0.15, 0.2) is 5.75 Å². The number of benzene rings is 3. The van der Waals surface area contributed by atoms with E-state index in [0.717, 1.165) is 105 Å². The van der Waals surface area contributed by atoms with Crippen LogP contribution in [0.15, 0.2) is 66.9 Å². The minimum Gasteiger partial charge on any atom is -0.489 e. The molecule has 0 radical (unpaired) electrons. The fourth-order valence-electron chi connectivity index (χ4n) is 10.00. The molecule has 9 rings (SSSR count). The van der Waals surface area contributed by atoms with Crippen LogP contribution in [0.2, 0.25) is 5.02 Å². The molecule has 5 aliphatic heterocycles. The van der Waals surface area contributed by atoms with Crippen LogP contribution in [0.4, 0.5) is 24.8 Å². The summed E-state index contributed by atoms with van der Waals surface area (Å²) in [6.45, 7) is 14.6. The maximum Gasteiger partial charge on any atom is 0.490 e. The van der Waals surface area contributed by atoms with Crippen LogP contribution in [0.5, 0.6) is 11.5 Å². The van der Waals surface area contributed by atoms with Crippen LogP contribution >= 0.6 is 23.2 Å². The Bertz CT molecular complexity index is 2790. The van der Waals surface area contributed by atoms with Gasteiger partial charge in [-0.3, -0.25) is 34.3 Å². The van der Waals surface area contributed by atoms with Crippen LogP contribution in [-0.4, -0.2) is 150 Å². The third-order valence-electron chi connectivity index (χ3n) is 14.3. The summed E-state index contributed by atoms with van der Waals surface area (Å²) >= 11 is 12.3. The zero-order valence-corrected chi connectivity index (χ0v) is 42.4. The highest BCUT2D eigenvalue weighted by atomic mass is 35.5. The van der Waals surface area contributed by atoms with Crippen molar-refractivity contribution in [3.05, 3.63) is 105 Å². The number of hydrogen-bond acceptors (Lipinski definition) is 14. The van der Waals surface area contributed by atoms with Gasteiger partial charge in [0.05, 0.1) is 33.3 Å². The van der Waals surface area contributed by atoms with E-state index >= 15 is 0 Å². The molecule has 0 aliphatic carbocycles. The number of aliphatic carboxylic acids is 1. The summed E-state index contributed by atoms with van der Waals surface area (Å²) in [4.78, 5) is 79.6. The lowest BCUT2D eigenvalue weighted by molar-refractivity contribution is -0.192. The van der Waals surface area contributed by atoms with E-state index in [-0.39, 0.29) is 25.4 Å². The lowest BCUT2D eigenvalue weighted by Gasteiger charge is -2.45. The summed E-state index contributed by atoms with van der Waals surface area (Å²) in [7, 11) is 0. The summed E-state index contributed by atoms with van der Waals surface area (Å²) in [6.07, 6.45) is -0.666. The molecular weight excluding hydrogens is 1010 g/mol. The average Bonchev–Trinajstić information content (AvgIpc) is 3.61. The van der Waals surface area contributed by atoms with Gasteiger partial charge in [0.1, 0.15) is 31.1 Å². The molecule has 3 aromatic carbocycles. The molecule has 22 heteroatoms. The first-order chi connectivity index (χ1) is 35.3. The van der Waals surface area contributed by atoms with E-state index in [1.807, 2.05) is 48.5 Å². The third-order valence-corrected chi connectivity index (χ3v) is 14.7. The maximum atomic E-state index is 13.3. The highest BCUT2D eigenvalue weighted by molar-refractivity contribution is 6.32. The number of aromatic nitrogens is 2. The molecule has 0 saturated carbocycles. The van der Waals surface area contributed by atoms with E-state index in [1.54, 1.807) is 18.3 Å². The molecule has 1 aromatic heterocycles. The number of imide groups is 2. The van der Waals surface area contributed by atoms with Crippen LogP contribution in [0.3, 0.4) is 0 Å². The van der Waals surface area contributed by atoms with Crippen molar-refractivity contribution in [1.29, 1.82) is 5.26 Å². The number of nitriles is 1. The number of likely N-dealkylation sites (tertiary alicyclic amines) is 1. The van der Waals surface area contributed by atoms with E-state index in [0.29, 0.717) is 51.8 Å². The Labute approximate surface area is 436 Å². The molecule has 1 unspecified atom stereocenters. The van der Waals surface area contributed by atoms with Gasteiger partial charge < -0.3 is 29.3 Å². The first kappa shape index (κ1) is 53.8. The molecule has 4 saturated heterocycles. The average molecular weight is 1060 g/mol. The summed E-state index contributed by atoms with van der Waals surface area (Å²) in [5.41, 5.74) is 4.22. The topological polar surface area (TPSA) is 202 Å². The number of piperidine rings is 2. The van der Waals surface area contributed by atoms with Crippen LogP contribution in [0.1, 0.15) is 82.6 Å². The lowest BCUT2D eigenvalue weighted by Crippen LogP contribution is -2.54. The number of nitrogens with zero attached hydrogens (tertiary/aromatic N) is 8.